The number of amides is 2. The highest BCUT2D eigenvalue weighted by atomic mass is 35.5. The van der Waals surface area contributed by atoms with E-state index < -0.39 is 11.9 Å². The molecule has 1 aromatic carbocycles. The van der Waals surface area contributed by atoms with Crippen LogP contribution in [0.5, 0.6) is 5.75 Å². The van der Waals surface area contributed by atoms with Crippen LogP contribution in [0.3, 0.4) is 0 Å². The van der Waals surface area contributed by atoms with Gasteiger partial charge in [0, 0.05) is 15.9 Å². The second-order valence-electron chi connectivity index (χ2n) is 7.38. The molecule has 2 heterocycles. The fourth-order valence-corrected chi connectivity index (χ4v) is 4.89. The normalized spacial score (nSPS) is 14.9. The first-order chi connectivity index (χ1) is 15.1. The largest absolute Gasteiger partial charge is 0.495 e. The lowest BCUT2D eigenvalue weighted by molar-refractivity contribution is -0.123. The first-order valence-corrected chi connectivity index (χ1v) is 11.4. The zero-order valence-corrected chi connectivity index (χ0v) is 18.6. The Morgan fingerprint density at radius 3 is 2.68 bits per heavy atom. The zero-order valence-electron chi connectivity index (χ0n) is 17.0. The third kappa shape index (κ3) is 4.62. The average molecular weight is 459 g/mol. The molecule has 3 aromatic rings. The van der Waals surface area contributed by atoms with E-state index in [4.69, 9.17) is 20.8 Å². The van der Waals surface area contributed by atoms with Gasteiger partial charge in [0.1, 0.15) is 5.75 Å². The molecular formula is C23H23ClN2O4S. The van der Waals surface area contributed by atoms with Crippen LogP contribution >= 0.6 is 22.9 Å². The average Bonchev–Trinajstić information content (AvgIpc) is 3.55. The van der Waals surface area contributed by atoms with Gasteiger partial charge in [-0.3, -0.25) is 14.5 Å². The molecule has 2 aromatic heterocycles. The summed E-state index contributed by atoms with van der Waals surface area (Å²) in [4.78, 5) is 29.3. The summed E-state index contributed by atoms with van der Waals surface area (Å²) in [5, 5.41) is 5.45. The number of anilines is 1. The first kappa shape index (κ1) is 21.5. The minimum atomic E-state index is -0.898. The fourth-order valence-electron chi connectivity index (χ4n) is 3.91. The Hall–Kier alpha value is -2.77. The molecule has 6 nitrogen and oxygen atoms in total. The molecule has 1 aliphatic carbocycles. The van der Waals surface area contributed by atoms with Crippen molar-refractivity contribution in [1.82, 2.24) is 5.32 Å². The van der Waals surface area contributed by atoms with Gasteiger partial charge in [0.2, 0.25) is 5.91 Å². The molecule has 8 heteroatoms. The molecule has 1 fully saturated rings. The smallest absolute Gasteiger partial charge is 0.295 e. The van der Waals surface area contributed by atoms with Gasteiger partial charge in [-0.25, -0.2) is 0 Å². The van der Waals surface area contributed by atoms with Crippen molar-refractivity contribution >= 4 is 40.4 Å². The number of rotatable bonds is 7. The minimum Gasteiger partial charge on any atom is -0.495 e. The molecule has 4 rings (SSSR count). The van der Waals surface area contributed by atoms with Crippen molar-refractivity contribution in [2.24, 2.45) is 0 Å². The van der Waals surface area contributed by atoms with Crippen LogP contribution in [0.2, 0.25) is 5.02 Å². The van der Waals surface area contributed by atoms with E-state index in [1.807, 2.05) is 17.5 Å². The summed E-state index contributed by atoms with van der Waals surface area (Å²) in [6.07, 6.45) is 5.49. The molecule has 2 amide bonds. The van der Waals surface area contributed by atoms with E-state index in [1.54, 1.807) is 30.3 Å². The van der Waals surface area contributed by atoms with E-state index in [-0.39, 0.29) is 17.7 Å². The van der Waals surface area contributed by atoms with E-state index in [1.165, 1.54) is 29.6 Å². The van der Waals surface area contributed by atoms with Crippen molar-refractivity contribution in [3.8, 4) is 5.75 Å². The summed E-state index contributed by atoms with van der Waals surface area (Å²) in [6.45, 7) is 0. The van der Waals surface area contributed by atoms with Crippen LogP contribution in [0.1, 0.15) is 47.2 Å². The molecule has 1 aliphatic rings. The van der Waals surface area contributed by atoms with E-state index in [0.717, 1.165) is 30.6 Å². The van der Waals surface area contributed by atoms with Crippen LogP contribution in [0.15, 0.2) is 58.5 Å². The monoisotopic (exact) mass is 458 g/mol. The van der Waals surface area contributed by atoms with Crippen molar-refractivity contribution in [3.05, 3.63) is 69.8 Å². The van der Waals surface area contributed by atoms with Crippen LogP contribution in [0, 0.1) is 0 Å². The number of ether oxygens (including phenoxy) is 1. The Morgan fingerprint density at radius 1 is 1.23 bits per heavy atom. The Bertz CT molecular complexity index is 1030. The molecule has 0 aliphatic heterocycles. The summed E-state index contributed by atoms with van der Waals surface area (Å²) >= 11 is 7.69. The summed E-state index contributed by atoms with van der Waals surface area (Å²) in [5.41, 5.74) is 0.399. The number of nitrogens with zero attached hydrogens (tertiary/aromatic N) is 1. The van der Waals surface area contributed by atoms with Gasteiger partial charge in [0.25, 0.3) is 5.91 Å². The molecule has 0 spiro atoms. The molecular weight excluding hydrogens is 436 g/mol. The first-order valence-electron chi connectivity index (χ1n) is 10.1. The van der Waals surface area contributed by atoms with Gasteiger partial charge in [-0.05, 0) is 54.6 Å². The van der Waals surface area contributed by atoms with Crippen molar-refractivity contribution in [2.75, 3.05) is 12.0 Å². The van der Waals surface area contributed by atoms with Crippen LogP contribution in [0.25, 0.3) is 0 Å². The lowest BCUT2D eigenvalue weighted by Crippen LogP contribution is -2.46. The van der Waals surface area contributed by atoms with Crippen molar-refractivity contribution in [3.63, 3.8) is 0 Å². The standard InChI is InChI=1S/C23H23ClN2O4S/c1-29-18-11-10-15(24)14-17(18)26(23(28)19-8-4-12-30-19)21(20-9-5-13-31-20)22(27)25-16-6-2-3-7-16/h4-5,8-14,16,21H,2-3,6-7H2,1H3,(H,25,27)/t21-/m1/s1. The molecule has 0 saturated heterocycles. The van der Waals surface area contributed by atoms with Gasteiger partial charge in [-0.15, -0.1) is 11.3 Å². The second-order valence-corrected chi connectivity index (χ2v) is 8.79. The number of methoxy groups -OCH3 is 1. The fraction of sp³-hybridized carbons (Fsp3) is 0.304. The minimum absolute atomic E-state index is 0.108. The van der Waals surface area contributed by atoms with E-state index in [2.05, 4.69) is 5.32 Å². The van der Waals surface area contributed by atoms with Gasteiger partial charge in [0.05, 0.1) is 19.1 Å². The number of benzene rings is 1. The second kappa shape index (κ2) is 9.58. The zero-order chi connectivity index (χ0) is 21.8. The molecule has 162 valence electrons. The number of hydrogen-bond donors (Lipinski definition) is 1. The molecule has 0 bridgehead atoms. The van der Waals surface area contributed by atoms with Gasteiger partial charge < -0.3 is 14.5 Å². The summed E-state index contributed by atoms with van der Waals surface area (Å²) in [5.74, 6) is -0.140. The van der Waals surface area contributed by atoms with E-state index in [9.17, 15) is 9.59 Å². The number of furan rings is 1. The van der Waals surface area contributed by atoms with Gasteiger partial charge in [-0.2, -0.15) is 0 Å². The van der Waals surface area contributed by atoms with Crippen molar-refractivity contribution in [1.29, 1.82) is 0 Å². The highest BCUT2D eigenvalue weighted by Gasteiger charge is 2.37. The number of hydrogen-bond acceptors (Lipinski definition) is 5. The van der Waals surface area contributed by atoms with E-state index >= 15 is 0 Å². The van der Waals surface area contributed by atoms with Crippen molar-refractivity contribution < 1.29 is 18.7 Å². The van der Waals surface area contributed by atoms with Gasteiger partial charge in [0.15, 0.2) is 11.8 Å². The lowest BCUT2D eigenvalue weighted by Gasteiger charge is -2.31. The van der Waals surface area contributed by atoms with Crippen LogP contribution in [-0.4, -0.2) is 25.0 Å². The molecule has 31 heavy (non-hydrogen) atoms. The Morgan fingerprint density at radius 2 is 2.03 bits per heavy atom. The van der Waals surface area contributed by atoms with E-state index in [0.29, 0.717) is 16.5 Å². The molecule has 1 atom stereocenters. The third-order valence-corrected chi connectivity index (χ3v) is 6.53. The Kier molecular flexibility index (Phi) is 6.63. The highest BCUT2D eigenvalue weighted by Crippen LogP contribution is 2.39. The number of halogens is 1. The highest BCUT2D eigenvalue weighted by molar-refractivity contribution is 7.10. The maximum atomic E-state index is 13.6. The number of thiophene rings is 1. The van der Waals surface area contributed by atoms with Crippen molar-refractivity contribution in [2.45, 2.75) is 37.8 Å². The van der Waals surface area contributed by atoms with Crippen LogP contribution in [0.4, 0.5) is 5.69 Å². The summed E-state index contributed by atoms with van der Waals surface area (Å²) in [6, 6.07) is 11.1. The number of nitrogens with one attached hydrogen (secondary N) is 1. The maximum absolute atomic E-state index is 13.6. The van der Waals surface area contributed by atoms with Crippen LogP contribution < -0.4 is 15.0 Å². The SMILES string of the molecule is COc1ccc(Cl)cc1N(C(=O)c1ccco1)[C@@H](C(=O)NC1CCCC1)c1cccs1. The Labute approximate surface area is 189 Å². The number of carbonyl (C=O) groups is 2. The van der Waals surface area contributed by atoms with Crippen LogP contribution in [-0.2, 0) is 4.79 Å². The summed E-state index contributed by atoms with van der Waals surface area (Å²) in [7, 11) is 1.51. The quantitative estimate of drug-likeness (QED) is 0.511. The predicted molar refractivity (Wildman–Crippen MR) is 121 cm³/mol. The molecule has 0 radical (unpaired) electrons. The maximum Gasteiger partial charge on any atom is 0.295 e. The number of carbonyl (C=O) groups excluding carboxylic acids is 2. The Balaban J connectivity index is 1.83. The lowest BCUT2D eigenvalue weighted by atomic mass is 10.1. The topological polar surface area (TPSA) is 71.8 Å². The van der Waals surface area contributed by atoms with Gasteiger partial charge in [-0.1, -0.05) is 30.5 Å². The third-order valence-electron chi connectivity index (χ3n) is 5.37. The summed E-state index contributed by atoms with van der Waals surface area (Å²) < 4.78 is 10.9. The van der Waals surface area contributed by atoms with Gasteiger partial charge >= 0.3 is 0 Å². The molecule has 1 saturated carbocycles. The predicted octanol–water partition coefficient (Wildman–Crippen LogP) is 5.45. The molecule has 1 N–H and O–H groups in total. The molecule has 0 unspecified atom stereocenters.